The van der Waals surface area contributed by atoms with Crippen molar-refractivity contribution in [3.8, 4) is 0 Å². The molecule has 0 aliphatic carbocycles. The van der Waals surface area contributed by atoms with Gasteiger partial charge in [0.15, 0.2) is 0 Å². The first-order valence-electron chi connectivity index (χ1n) is 5.74. The van der Waals surface area contributed by atoms with E-state index in [4.69, 9.17) is 9.84 Å². The Morgan fingerprint density at radius 3 is 2.79 bits per heavy atom. The number of carbonyl (C=O) groups excluding carboxylic acids is 1. The van der Waals surface area contributed by atoms with E-state index < -0.39 is 5.97 Å². The number of amides is 2. The zero-order valence-electron chi connectivity index (χ0n) is 9.98. The molecule has 1 aliphatic heterocycles. The second-order valence-electron chi connectivity index (χ2n) is 4.19. The van der Waals surface area contributed by atoms with Gasteiger partial charge in [-0.1, -0.05) is 15.9 Å². The van der Waals surface area contributed by atoms with Gasteiger partial charge < -0.3 is 20.5 Å². The number of benzene rings is 1. The fourth-order valence-corrected chi connectivity index (χ4v) is 2.28. The number of ether oxygens (including phenoxy) is 1. The standard InChI is InChI=1S/C12H13BrN2O4/c13-8-3-7(11(16)17)4-10(5-8)15-12(18)14-9-1-2-19-6-9/h3-5,9H,1-2,6H2,(H,16,17)(H2,14,15,18). The van der Waals surface area contributed by atoms with Crippen molar-refractivity contribution < 1.29 is 19.4 Å². The van der Waals surface area contributed by atoms with Crippen molar-refractivity contribution in [2.45, 2.75) is 12.5 Å². The highest BCUT2D eigenvalue weighted by Crippen LogP contribution is 2.19. The third-order valence-corrected chi connectivity index (χ3v) is 3.13. The smallest absolute Gasteiger partial charge is 0.335 e. The van der Waals surface area contributed by atoms with Gasteiger partial charge in [-0.3, -0.25) is 0 Å². The number of rotatable bonds is 3. The van der Waals surface area contributed by atoms with Gasteiger partial charge in [-0.05, 0) is 24.6 Å². The van der Waals surface area contributed by atoms with E-state index in [2.05, 4.69) is 26.6 Å². The molecule has 1 unspecified atom stereocenters. The molecule has 6 nitrogen and oxygen atoms in total. The van der Waals surface area contributed by atoms with Crippen molar-refractivity contribution >= 4 is 33.6 Å². The maximum absolute atomic E-state index is 11.7. The molecule has 0 spiro atoms. The zero-order valence-corrected chi connectivity index (χ0v) is 11.6. The molecule has 1 aromatic carbocycles. The fraction of sp³-hybridized carbons (Fsp3) is 0.333. The van der Waals surface area contributed by atoms with Gasteiger partial charge in [0.25, 0.3) is 0 Å². The van der Waals surface area contributed by atoms with Gasteiger partial charge in [0.1, 0.15) is 0 Å². The van der Waals surface area contributed by atoms with Crippen LogP contribution >= 0.6 is 15.9 Å². The first-order chi connectivity index (χ1) is 9.04. The molecule has 7 heteroatoms. The molecule has 1 fully saturated rings. The fourth-order valence-electron chi connectivity index (χ4n) is 1.79. The Labute approximate surface area is 118 Å². The lowest BCUT2D eigenvalue weighted by atomic mass is 10.2. The first-order valence-corrected chi connectivity index (χ1v) is 6.53. The molecule has 1 aromatic rings. The number of nitrogens with one attached hydrogen (secondary N) is 2. The Bertz CT molecular complexity index is 501. The van der Waals surface area contributed by atoms with Crippen LogP contribution in [-0.2, 0) is 4.74 Å². The highest BCUT2D eigenvalue weighted by Gasteiger charge is 2.18. The van der Waals surface area contributed by atoms with Crippen LogP contribution < -0.4 is 10.6 Å². The molecule has 102 valence electrons. The lowest BCUT2D eigenvalue weighted by Gasteiger charge is -2.12. The van der Waals surface area contributed by atoms with E-state index in [0.717, 1.165) is 6.42 Å². The Balaban J connectivity index is 2.01. The number of hydrogen-bond acceptors (Lipinski definition) is 3. The van der Waals surface area contributed by atoms with E-state index in [1.807, 2.05) is 0 Å². The molecule has 0 saturated carbocycles. The summed E-state index contributed by atoms with van der Waals surface area (Å²) in [6.07, 6.45) is 0.784. The molecule has 2 rings (SSSR count). The van der Waals surface area contributed by atoms with Crippen LogP contribution in [0.15, 0.2) is 22.7 Å². The Morgan fingerprint density at radius 2 is 2.16 bits per heavy atom. The molecule has 0 radical (unpaired) electrons. The van der Waals surface area contributed by atoms with Crippen molar-refractivity contribution in [3.63, 3.8) is 0 Å². The van der Waals surface area contributed by atoms with Crippen LogP contribution in [0.3, 0.4) is 0 Å². The predicted octanol–water partition coefficient (Wildman–Crippen LogP) is 2.06. The molecule has 1 aliphatic rings. The van der Waals surface area contributed by atoms with Crippen molar-refractivity contribution in [1.82, 2.24) is 5.32 Å². The van der Waals surface area contributed by atoms with E-state index in [1.54, 1.807) is 6.07 Å². The van der Waals surface area contributed by atoms with E-state index in [1.165, 1.54) is 12.1 Å². The summed E-state index contributed by atoms with van der Waals surface area (Å²) in [4.78, 5) is 22.6. The highest BCUT2D eigenvalue weighted by molar-refractivity contribution is 9.10. The lowest BCUT2D eigenvalue weighted by molar-refractivity contribution is 0.0697. The van der Waals surface area contributed by atoms with Gasteiger partial charge in [0.2, 0.25) is 0 Å². The predicted molar refractivity (Wildman–Crippen MR) is 72.5 cm³/mol. The minimum absolute atomic E-state index is 0.00565. The van der Waals surface area contributed by atoms with Crippen molar-refractivity contribution in [2.75, 3.05) is 18.5 Å². The van der Waals surface area contributed by atoms with E-state index in [0.29, 0.717) is 23.4 Å². The van der Waals surface area contributed by atoms with Gasteiger partial charge in [0.05, 0.1) is 18.2 Å². The number of aromatic carboxylic acids is 1. The summed E-state index contributed by atoms with van der Waals surface area (Å²) >= 11 is 3.20. The second kappa shape index (κ2) is 6.03. The molecule has 1 heterocycles. The number of halogens is 1. The largest absolute Gasteiger partial charge is 0.478 e. The van der Waals surface area contributed by atoms with Gasteiger partial charge in [-0.2, -0.15) is 0 Å². The summed E-state index contributed by atoms with van der Waals surface area (Å²) in [6.45, 7) is 1.15. The van der Waals surface area contributed by atoms with E-state index in [-0.39, 0.29) is 17.6 Å². The minimum Gasteiger partial charge on any atom is -0.478 e. The maximum Gasteiger partial charge on any atom is 0.335 e. The summed E-state index contributed by atoms with van der Waals surface area (Å²) in [6, 6.07) is 4.14. The molecule has 3 N–H and O–H groups in total. The lowest BCUT2D eigenvalue weighted by Crippen LogP contribution is -2.38. The zero-order chi connectivity index (χ0) is 13.8. The van der Waals surface area contributed by atoms with Gasteiger partial charge in [-0.15, -0.1) is 0 Å². The van der Waals surface area contributed by atoms with Crippen LogP contribution in [0.25, 0.3) is 0 Å². The van der Waals surface area contributed by atoms with E-state index >= 15 is 0 Å². The van der Waals surface area contributed by atoms with Crippen LogP contribution in [0.2, 0.25) is 0 Å². The van der Waals surface area contributed by atoms with Crippen molar-refractivity contribution in [2.24, 2.45) is 0 Å². The third-order valence-electron chi connectivity index (χ3n) is 2.67. The summed E-state index contributed by atoms with van der Waals surface area (Å²) in [5, 5.41) is 14.3. The van der Waals surface area contributed by atoms with Crippen LogP contribution in [-0.4, -0.2) is 36.4 Å². The van der Waals surface area contributed by atoms with Crippen LogP contribution in [0, 0.1) is 0 Å². The topological polar surface area (TPSA) is 87.7 Å². The molecule has 19 heavy (non-hydrogen) atoms. The van der Waals surface area contributed by atoms with Crippen molar-refractivity contribution in [3.05, 3.63) is 28.2 Å². The summed E-state index contributed by atoms with van der Waals surface area (Å²) in [5.41, 5.74) is 0.525. The third kappa shape index (κ3) is 3.93. The summed E-state index contributed by atoms with van der Waals surface area (Å²) < 4.78 is 5.74. The molecule has 1 saturated heterocycles. The number of carbonyl (C=O) groups is 2. The first kappa shape index (κ1) is 13.8. The van der Waals surface area contributed by atoms with Gasteiger partial charge in [-0.25, -0.2) is 9.59 Å². The maximum atomic E-state index is 11.7. The number of carboxylic acid groups (broad SMARTS) is 1. The molecule has 2 amide bonds. The Kier molecular flexibility index (Phi) is 4.39. The van der Waals surface area contributed by atoms with Crippen LogP contribution in [0.4, 0.5) is 10.5 Å². The number of urea groups is 1. The normalized spacial score (nSPS) is 18.1. The SMILES string of the molecule is O=C(Nc1cc(Br)cc(C(=O)O)c1)NC1CCOC1. The highest BCUT2D eigenvalue weighted by atomic mass is 79.9. The summed E-state index contributed by atoms with van der Waals surface area (Å²) in [5.74, 6) is -1.05. The van der Waals surface area contributed by atoms with Gasteiger partial charge in [0, 0.05) is 16.8 Å². The second-order valence-corrected chi connectivity index (χ2v) is 5.11. The summed E-state index contributed by atoms with van der Waals surface area (Å²) in [7, 11) is 0. The van der Waals surface area contributed by atoms with Crippen LogP contribution in [0.5, 0.6) is 0 Å². The molecular weight excluding hydrogens is 316 g/mol. The minimum atomic E-state index is -1.05. The Hall–Kier alpha value is -1.60. The monoisotopic (exact) mass is 328 g/mol. The van der Waals surface area contributed by atoms with Gasteiger partial charge >= 0.3 is 12.0 Å². The Morgan fingerprint density at radius 1 is 1.37 bits per heavy atom. The van der Waals surface area contributed by atoms with Crippen molar-refractivity contribution in [1.29, 1.82) is 0 Å². The molecule has 1 atom stereocenters. The van der Waals surface area contributed by atoms with E-state index in [9.17, 15) is 9.59 Å². The number of hydrogen-bond donors (Lipinski definition) is 3. The average Bonchev–Trinajstić information content (AvgIpc) is 2.80. The molecular formula is C12H13BrN2O4. The molecule has 0 aromatic heterocycles. The number of anilines is 1. The quantitative estimate of drug-likeness (QED) is 0.792. The average molecular weight is 329 g/mol. The molecule has 0 bridgehead atoms. The van der Waals surface area contributed by atoms with Crippen LogP contribution in [0.1, 0.15) is 16.8 Å². The number of carboxylic acids is 1.